The quantitative estimate of drug-likeness (QED) is 0.596. The molecule has 3 aromatic rings. The van der Waals surface area contributed by atoms with Gasteiger partial charge in [-0.1, -0.05) is 22.0 Å². The standard InChI is InChI=1S/C19H18BrN3O4S/c1-22-6-5-15-17(22)16(19(24)23-7-9-28(25,26)10-8-23)12-21-18(15)27-14-4-2-3-13(20)11-14/h2-6,11-12H,7-10H2,1H3. The average Bonchev–Trinajstić information content (AvgIpc) is 3.04. The monoisotopic (exact) mass is 463 g/mol. The number of ether oxygens (including phenoxy) is 1. The van der Waals surface area contributed by atoms with Crippen LogP contribution in [0.4, 0.5) is 0 Å². The molecule has 9 heteroatoms. The Morgan fingerprint density at radius 2 is 1.96 bits per heavy atom. The van der Waals surface area contributed by atoms with Crippen LogP contribution < -0.4 is 4.74 Å². The summed E-state index contributed by atoms with van der Waals surface area (Å²) in [7, 11) is -1.20. The summed E-state index contributed by atoms with van der Waals surface area (Å²) in [6.07, 6.45) is 3.35. The first-order chi connectivity index (χ1) is 13.3. The van der Waals surface area contributed by atoms with Crippen LogP contribution in [0.1, 0.15) is 10.4 Å². The molecule has 146 valence electrons. The van der Waals surface area contributed by atoms with Crippen LogP contribution in [0, 0.1) is 0 Å². The van der Waals surface area contributed by atoms with Crippen molar-refractivity contribution in [2.45, 2.75) is 0 Å². The second-order valence-electron chi connectivity index (χ2n) is 6.67. The zero-order valence-corrected chi connectivity index (χ0v) is 17.5. The van der Waals surface area contributed by atoms with Crippen molar-refractivity contribution in [2.24, 2.45) is 7.05 Å². The number of hydrogen-bond acceptors (Lipinski definition) is 5. The van der Waals surface area contributed by atoms with Crippen molar-refractivity contribution in [1.29, 1.82) is 0 Å². The molecule has 1 fully saturated rings. The van der Waals surface area contributed by atoms with Crippen LogP contribution in [0.25, 0.3) is 10.9 Å². The summed E-state index contributed by atoms with van der Waals surface area (Å²) in [5.74, 6) is 0.806. The Kier molecular flexibility index (Phi) is 4.88. The number of carbonyl (C=O) groups excluding carboxylic acids is 1. The first-order valence-electron chi connectivity index (χ1n) is 8.71. The summed E-state index contributed by atoms with van der Waals surface area (Å²) in [6.45, 7) is 0.396. The summed E-state index contributed by atoms with van der Waals surface area (Å²) >= 11 is 3.41. The number of halogens is 1. The zero-order valence-electron chi connectivity index (χ0n) is 15.1. The third kappa shape index (κ3) is 3.64. The van der Waals surface area contributed by atoms with Gasteiger partial charge < -0.3 is 14.2 Å². The van der Waals surface area contributed by atoms with Gasteiger partial charge in [0.05, 0.1) is 28.0 Å². The number of amides is 1. The second kappa shape index (κ2) is 7.21. The molecule has 7 nitrogen and oxygen atoms in total. The summed E-state index contributed by atoms with van der Waals surface area (Å²) in [5.41, 5.74) is 1.14. The lowest BCUT2D eigenvalue weighted by atomic mass is 10.2. The molecule has 0 spiro atoms. The van der Waals surface area contributed by atoms with Crippen molar-refractivity contribution in [3.8, 4) is 11.6 Å². The highest BCUT2D eigenvalue weighted by molar-refractivity contribution is 9.10. The number of aryl methyl sites for hydroxylation is 1. The molecule has 0 radical (unpaired) electrons. The summed E-state index contributed by atoms with van der Waals surface area (Å²) in [4.78, 5) is 19.0. The number of carbonyl (C=O) groups is 1. The predicted octanol–water partition coefficient (Wildman–Crippen LogP) is 3.00. The highest BCUT2D eigenvalue weighted by Crippen LogP contribution is 2.32. The number of hydrogen-bond donors (Lipinski definition) is 0. The first kappa shape index (κ1) is 18.9. The van der Waals surface area contributed by atoms with Crippen LogP contribution in [0.5, 0.6) is 11.6 Å². The van der Waals surface area contributed by atoms with Crippen LogP contribution >= 0.6 is 15.9 Å². The van der Waals surface area contributed by atoms with Crippen LogP contribution in [0.3, 0.4) is 0 Å². The molecule has 4 rings (SSSR count). The third-order valence-corrected chi connectivity index (χ3v) is 6.84. The van der Waals surface area contributed by atoms with Crippen molar-refractivity contribution in [3.63, 3.8) is 0 Å². The molecule has 1 amide bonds. The Balaban J connectivity index is 1.69. The Hall–Kier alpha value is -2.39. The van der Waals surface area contributed by atoms with Gasteiger partial charge in [-0.05, 0) is 24.3 Å². The number of sulfone groups is 1. The van der Waals surface area contributed by atoms with Gasteiger partial charge in [-0.15, -0.1) is 0 Å². The number of rotatable bonds is 3. The van der Waals surface area contributed by atoms with Gasteiger partial charge in [-0.2, -0.15) is 0 Å². The number of pyridine rings is 1. The molecule has 1 aromatic carbocycles. The van der Waals surface area contributed by atoms with E-state index in [4.69, 9.17) is 4.74 Å². The minimum absolute atomic E-state index is 0.00741. The van der Waals surface area contributed by atoms with E-state index in [0.29, 0.717) is 22.7 Å². The van der Waals surface area contributed by atoms with Crippen molar-refractivity contribution in [2.75, 3.05) is 24.6 Å². The Labute approximate surface area is 171 Å². The molecule has 3 heterocycles. The largest absolute Gasteiger partial charge is 0.438 e. The van der Waals surface area contributed by atoms with E-state index in [-0.39, 0.29) is 30.5 Å². The van der Waals surface area contributed by atoms with Gasteiger partial charge in [0, 0.05) is 37.0 Å². The second-order valence-corrected chi connectivity index (χ2v) is 9.89. The lowest BCUT2D eigenvalue weighted by molar-refractivity contribution is 0.0771. The van der Waals surface area contributed by atoms with Crippen LogP contribution in [0.2, 0.25) is 0 Å². The van der Waals surface area contributed by atoms with Crippen molar-refractivity contribution >= 4 is 42.6 Å². The summed E-state index contributed by atoms with van der Waals surface area (Å²) < 4.78 is 32.0. The lowest BCUT2D eigenvalue weighted by Gasteiger charge is -2.27. The first-order valence-corrected chi connectivity index (χ1v) is 11.3. The fourth-order valence-electron chi connectivity index (χ4n) is 3.26. The molecule has 0 saturated carbocycles. The highest BCUT2D eigenvalue weighted by Gasteiger charge is 2.28. The number of benzene rings is 1. The molecular formula is C19H18BrN3O4S. The maximum atomic E-state index is 13.0. The zero-order chi connectivity index (χ0) is 19.9. The number of aromatic nitrogens is 2. The molecule has 0 atom stereocenters. The van der Waals surface area contributed by atoms with Gasteiger partial charge in [-0.25, -0.2) is 13.4 Å². The Morgan fingerprint density at radius 1 is 1.21 bits per heavy atom. The topological polar surface area (TPSA) is 81.5 Å². The van der Waals surface area contributed by atoms with E-state index in [0.717, 1.165) is 9.86 Å². The fourth-order valence-corrected chi connectivity index (χ4v) is 4.84. The van der Waals surface area contributed by atoms with E-state index in [1.165, 1.54) is 6.20 Å². The van der Waals surface area contributed by atoms with Crippen LogP contribution in [-0.2, 0) is 16.9 Å². The van der Waals surface area contributed by atoms with Crippen LogP contribution in [-0.4, -0.2) is 53.4 Å². The normalized spacial score (nSPS) is 16.3. The van der Waals surface area contributed by atoms with Crippen molar-refractivity contribution in [3.05, 3.63) is 52.8 Å². The van der Waals surface area contributed by atoms with Crippen molar-refractivity contribution < 1.29 is 17.9 Å². The van der Waals surface area contributed by atoms with E-state index >= 15 is 0 Å². The molecule has 2 aromatic heterocycles. The molecule has 0 aliphatic carbocycles. The maximum Gasteiger partial charge on any atom is 0.257 e. The molecular weight excluding hydrogens is 446 g/mol. The van der Waals surface area contributed by atoms with Gasteiger partial charge in [0.25, 0.3) is 5.91 Å². The summed E-state index contributed by atoms with van der Waals surface area (Å²) in [5, 5.41) is 0.720. The molecule has 1 saturated heterocycles. The maximum absolute atomic E-state index is 13.0. The predicted molar refractivity (Wildman–Crippen MR) is 109 cm³/mol. The van der Waals surface area contributed by atoms with Gasteiger partial charge in [-0.3, -0.25) is 4.79 Å². The molecule has 0 bridgehead atoms. The highest BCUT2D eigenvalue weighted by atomic mass is 79.9. The van der Waals surface area contributed by atoms with Gasteiger partial charge in [0.1, 0.15) is 5.75 Å². The van der Waals surface area contributed by atoms with E-state index in [9.17, 15) is 13.2 Å². The third-order valence-electron chi connectivity index (χ3n) is 4.74. The average molecular weight is 464 g/mol. The smallest absolute Gasteiger partial charge is 0.257 e. The Bertz CT molecular complexity index is 1160. The molecule has 0 unspecified atom stereocenters. The lowest BCUT2D eigenvalue weighted by Crippen LogP contribution is -2.43. The van der Waals surface area contributed by atoms with E-state index in [2.05, 4.69) is 20.9 Å². The van der Waals surface area contributed by atoms with Crippen LogP contribution in [0.15, 0.2) is 47.2 Å². The SMILES string of the molecule is Cn1ccc2c(Oc3cccc(Br)c3)ncc(C(=O)N3CCS(=O)(=O)CC3)c21. The number of fused-ring (bicyclic) bond motifs is 1. The van der Waals surface area contributed by atoms with Gasteiger partial charge >= 0.3 is 0 Å². The minimum Gasteiger partial charge on any atom is -0.438 e. The molecule has 1 aliphatic heterocycles. The van der Waals surface area contributed by atoms with E-state index in [1.807, 2.05) is 48.1 Å². The Morgan fingerprint density at radius 3 is 2.68 bits per heavy atom. The number of nitrogens with zero attached hydrogens (tertiary/aromatic N) is 3. The van der Waals surface area contributed by atoms with E-state index < -0.39 is 9.84 Å². The molecule has 0 N–H and O–H groups in total. The fraction of sp³-hybridized carbons (Fsp3) is 0.263. The van der Waals surface area contributed by atoms with Gasteiger partial charge in [0.2, 0.25) is 5.88 Å². The van der Waals surface area contributed by atoms with E-state index in [1.54, 1.807) is 4.90 Å². The molecule has 1 aliphatic rings. The minimum atomic E-state index is -3.05. The summed E-state index contributed by atoms with van der Waals surface area (Å²) in [6, 6.07) is 9.29. The van der Waals surface area contributed by atoms with Gasteiger partial charge in [0.15, 0.2) is 9.84 Å². The molecule has 28 heavy (non-hydrogen) atoms. The van der Waals surface area contributed by atoms with Crippen molar-refractivity contribution in [1.82, 2.24) is 14.5 Å².